The van der Waals surface area contributed by atoms with Crippen LogP contribution >= 0.6 is 11.6 Å². The fourth-order valence-electron chi connectivity index (χ4n) is 5.10. The Hall–Kier alpha value is -3.54. The number of rotatable bonds is 2. The van der Waals surface area contributed by atoms with E-state index in [9.17, 15) is 27.9 Å². The van der Waals surface area contributed by atoms with E-state index >= 15 is 0 Å². The molecule has 9 nitrogen and oxygen atoms in total. The summed E-state index contributed by atoms with van der Waals surface area (Å²) in [5.74, 6) is -0.291. The Morgan fingerprint density at radius 3 is 2.54 bits per heavy atom. The Morgan fingerprint density at radius 2 is 1.84 bits per heavy atom. The number of amides is 2. The zero-order chi connectivity index (χ0) is 26.6. The third-order valence-corrected chi connectivity index (χ3v) is 7.55. The molecule has 5 rings (SSSR count). The van der Waals surface area contributed by atoms with Gasteiger partial charge < -0.3 is 14.9 Å². The van der Waals surface area contributed by atoms with Crippen LogP contribution in [0.5, 0.6) is 0 Å². The van der Waals surface area contributed by atoms with Crippen molar-refractivity contribution in [2.75, 3.05) is 24.5 Å². The molecule has 0 aliphatic carbocycles. The van der Waals surface area contributed by atoms with Gasteiger partial charge in [-0.05, 0) is 32.4 Å². The van der Waals surface area contributed by atoms with Crippen LogP contribution in [0, 0.1) is 13.8 Å². The number of alkyl halides is 3. The summed E-state index contributed by atoms with van der Waals surface area (Å²) >= 11 is 6.31. The molecule has 196 valence electrons. The second-order valence-electron chi connectivity index (χ2n) is 9.24. The fraction of sp³-hybridized carbons (Fsp3) is 0.417. The molecule has 0 radical (unpaired) electrons. The van der Waals surface area contributed by atoms with Crippen LogP contribution in [-0.2, 0) is 13.1 Å². The first-order chi connectivity index (χ1) is 17.5. The van der Waals surface area contributed by atoms with Gasteiger partial charge in [-0.15, -0.1) is 0 Å². The number of para-hydroxylation sites is 1. The largest absolute Gasteiger partial charge is 0.465 e. The molecular weight excluding hydrogens is 513 g/mol. The van der Waals surface area contributed by atoms with Crippen molar-refractivity contribution in [1.82, 2.24) is 24.4 Å². The summed E-state index contributed by atoms with van der Waals surface area (Å²) in [4.78, 5) is 33.4. The Morgan fingerprint density at radius 1 is 1.11 bits per heavy atom. The number of halogens is 4. The highest BCUT2D eigenvalue weighted by atomic mass is 35.5. The average Bonchev–Trinajstić information content (AvgIpc) is 3.31. The van der Waals surface area contributed by atoms with Gasteiger partial charge in [-0.3, -0.25) is 9.69 Å². The summed E-state index contributed by atoms with van der Waals surface area (Å²) in [5.41, 5.74) is 4.40. The lowest BCUT2D eigenvalue weighted by Gasteiger charge is -2.28. The van der Waals surface area contributed by atoms with Gasteiger partial charge in [-0.2, -0.15) is 18.3 Å². The molecular formula is C24H24ClF3N6O3. The van der Waals surface area contributed by atoms with E-state index in [1.165, 1.54) is 0 Å². The monoisotopic (exact) mass is 536 g/mol. The number of nitrogens with zero attached hydrogens (tertiary/aromatic N) is 6. The first kappa shape index (κ1) is 25.1. The van der Waals surface area contributed by atoms with Gasteiger partial charge in [0, 0.05) is 30.9 Å². The summed E-state index contributed by atoms with van der Waals surface area (Å²) < 4.78 is 42.3. The molecule has 37 heavy (non-hydrogen) atoms. The Kier molecular flexibility index (Phi) is 6.17. The highest BCUT2D eigenvalue weighted by Gasteiger charge is 2.46. The minimum atomic E-state index is -4.68. The third-order valence-electron chi connectivity index (χ3n) is 7.00. The van der Waals surface area contributed by atoms with Gasteiger partial charge in [0.2, 0.25) is 0 Å². The van der Waals surface area contributed by atoms with E-state index in [1.54, 1.807) is 45.5 Å². The molecule has 2 aliphatic rings. The Bertz CT molecular complexity index is 1410. The summed E-state index contributed by atoms with van der Waals surface area (Å²) in [7, 11) is 0. The molecule has 13 heteroatoms. The predicted molar refractivity (Wildman–Crippen MR) is 129 cm³/mol. The maximum atomic E-state index is 13.6. The van der Waals surface area contributed by atoms with Gasteiger partial charge in [0.15, 0.2) is 5.65 Å². The summed E-state index contributed by atoms with van der Waals surface area (Å²) in [6.07, 6.45) is -6.73. The van der Waals surface area contributed by atoms with Crippen molar-refractivity contribution in [3.63, 3.8) is 0 Å². The molecule has 2 amide bonds. The summed E-state index contributed by atoms with van der Waals surface area (Å²) in [6.45, 7) is 3.84. The van der Waals surface area contributed by atoms with Crippen LogP contribution in [0.3, 0.4) is 0 Å². The van der Waals surface area contributed by atoms with Gasteiger partial charge in [-0.25, -0.2) is 14.3 Å². The van der Waals surface area contributed by atoms with Crippen molar-refractivity contribution in [2.45, 2.75) is 45.6 Å². The molecule has 1 fully saturated rings. The number of fused-ring (bicyclic) bond motifs is 3. The van der Waals surface area contributed by atoms with Crippen LogP contribution < -0.4 is 4.90 Å². The first-order valence-electron chi connectivity index (χ1n) is 11.7. The van der Waals surface area contributed by atoms with Crippen LogP contribution in [0.15, 0.2) is 24.3 Å². The highest BCUT2D eigenvalue weighted by molar-refractivity contribution is 6.31. The number of aromatic nitrogens is 3. The van der Waals surface area contributed by atoms with Crippen LogP contribution in [0.4, 0.5) is 23.7 Å². The number of aryl methyl sites for hydroxylation is 2. The average molecular weight is 537 g/mol. The molecule has 4 heterocycles. The molecule has 2 aliphatic heterocycles. The Balaban J connectivity index is 1.41. The topological polar surface area (TPSA) is 94.3 Å². The quantitative estimate of drug-likeness (QED) is 0.525. The summed E-state index contributed by atoms with van der Waals surface area (Å²) in [5, 5.41) is 14.5. The lowest BCUT2D eigenvalue weighted by Crippen LogP contribution is -2.48. The van der Waals surface area contributed by atoms with Crippen molar-refractivity contribution in [2.24, 2.45) is 0 Å². The van der Waals surface area contributed by atoms with Gasteiger partial charge >= 0.3 is 12.3 Å². The molecule has 3 aromatic rings. The second kappa shape index (κ2) is 9.09. The third kappa shape index (κ3) is 4.32. The number of carbonyl (C=O) groups is 2. The van der Waals surface area contributed by atoms with Crippen LogP contribution in [0.1, 0.15) is 39.4 Å². The van der Waals surface area contributed by atoms with Gasteiger partial charge in [0.05, 0.1) is 40.8 Å². The van der Waals surface area contributed by atoms with Crippen molar-refractivity contribution < 1.29 is 27.9 Å². The number of carboxylic acid groups (broad SMARTS) is 1. The van der Waals surface area contributed by atoms with E-state index < -0.39 is 24.7 Å². The second-order valence-corrected chi connectivity index (χ2v) is 9.62. The maximum Gasteiger partial charge on any atom is 0.409 e. The van der Waals surface area contributed by atoms with Gasteiger partial charge in [0.25, 0.3) is 5.91 Å². The molecule has 0 saturated carbocycles. The van der Waals surface area contributed by atoms with Crippen molar-refractivity contribution >= 4 is 34.9 Å². The van der Waals surface area contributed by atoms with E-state index in [1.807, 2.05) is 6.92 Å². The minimum absolute atomic E-state index is 0.0283. The molecule has 0 bridgehead atoms. The molecule has 1 saturated heterocycles. The zero-order valence-corrected chi connectivity index (χ0v) is 20.8. The number of anilines is 1. The number of hydrogen-bond donors (Lipinski definition) is 1. The zero-order valence-electron chi connectivity index (χ0n) is 20.1. The van der Waals surface area contributed by atoms with E-state index in [4.69, 9.17) is 11.6 Å². The fourth-order valence-corrected chi connectivity index (χ4v) is 5.22. The number of hydrogen-bond acceptors (Lipinski definition) is 5. The lowest BCUT2D eigenvalue weighted by molar-refractivity contribution is -0.177. The molecule has 1 aromatic carbocycles. The van der Waals surface area contributed by atoms with Gasteiger partial charge in [0.1, 0.15) is 6.04 Å². The Labute approximate surface area is 215 Å². The highest BCUT2D eigenvalue weighted by Crippen LogP contribution is 2.34. The minimum Gasteiger partial charge on any atom is -0.465 e. The standard InChI is InChI=1S/C24H24ClF3N6O3/c1-13-20(25)14(2)34-21(29-13)16-11-32(12-17(16)30-34)22(35)15-5-3-4-6-18(15)31-8-7-19(24(26,27)28)33(10-9-31)23(36)37/h3-6,19H,7-12H2,1-2H3,(H,36,37). The lowest BCUT2D eigenvalue weighted by atomic mass is 10.1. The van der Waals surface area contributed by atoms with E-state index in [0.717, 1.165) is 11.3 Å². The first-order valence-corrected chi connectivity index (χ1v) is 12.1. The van der Waals surface area contributed by atoms with Crippen molar-refractivity contribution in [3.8, 4) is 0 Å². The number of carbonyl (C=O) groups excluding carboxylic acids is 1. The van der Waals surface area contributed by atoms with E-state index in [2.05, 4.69) is 10.1 Å². The van der Waals surface area contributed by atoms with Crippen LogP contribution in [0.25, 0.3) is 5.65 Å². The molecule has 0 spiro atoms. The summed E-state index contributed by atoms with van der Waals surface area (Å²) in [6, 6.07) is 4.61. The van der Waals surface area contributed by atoms with Crippen molar-refractivity contribution in [1.29, 1.82) is 0 Å². The normalized spacial score (nSPS) is 18.3. The maximum absolute atomic E-state index is 13.6. The number of benzene rings is 1. The predicted octanol–water partition coefficient (Wildman–Crippen LogP) is 4.28. The molecule has 1 atom stereocenters. The van der Waals surface area contributed by atoms with Crippen LogP contribution in [-0.4, -0.2) is 73.4 Å². The molecule has 1 N–H and O–H groups in total. The van der Waals surface area contributed by atoms with Crippen molar-refractivity contribution in [3.05, 3.63) is 57.5 Å². The van der Waals surface area contributed by atoms with Gasteiger partial charge in [-0.1, -0.05) is 23.7 Å². The van der Waals surface area contributed by atoms with E-state index in [-0.39, 0.29) is 38.6 Å². The SMILES string of the molecule is Cc1nc2c3c(nn2c(C)c1Cl)CN(C(=O)c1ccccc1N1CCC(C(F)(F)F)N(C(=O)O)CC1)C3. The molecule has 1 unspecified atom stereocenters. The van der Waals surface area contributed by atoms with Crippen LogP contribution in [0.2, 0.25) is 5.02 Å². The smallest absolute Gasteiger partial charge is 0.409 e. The van der Waals surface area contributed by atoms with E-state index in [0.29, 0.717) is 38.2 Å². The molecule has 2 aromatic heterocycles.